The molecule has 2 aromatic carbocycles. The Morgan fingerprint density at radius 3 is 2.32 bits per heavy atom. The zero-order valence-corrected chi connectivity index (χ0v) is 20.4. The molecule has 0 spiro atoms. The minimum atomic E-state index is -0.829. The van der Waals surface area contributed by atoms with Crippen LogP contribution in [0.15, 0.2) is 53.1 Å². The average Bonchev–Trinajstić information content (AvgIpc) is 3.18. The molecule has 1 fully saturated rings. The van der Waals surface area contributed by atoms with Crippen molar-refractivity contribution in [3.63, 3.8) is 0 Å². The third-order valence-corrected chi connectivity index (χ3v) is 6.88. The van der Waals surface area contributed by atoms with E-state index >= 15 is 0 Å². The van der Waals surface area contributed by atoms with Crippen LogP contribution in [0.25, 0.3) is 0 Å². The minimum Gasteiger partial charge on any atom is -0.361 e. The van der Waals surface area contributed by atoms with Gasteiger partial charge in [0.05, 0.1) is 5.69 Å². The third kappa shape index (κ3) is 4.76. The van der Waals surface area contributed by atoms with Gasteiger partial charge in [0, 0.05) is 11.7 Å². The van der Waals surface area contributed by atoms with Crippen molar-refractivity contribution in [3.05, 3.63) is 82.2 Å². The van der Waals surface area contributed by atoms with E-state index in [9.17, 15) is 9.59 Å². The second kappa shape index (κ2) is 10.2. The highest BCUT2D eigenvalue weighted by molar-refractivity contribution is 6.11. The highest BCUT2D eigenvalue weighted by atomic mass is 16.5. The molecular formula is C28H33N3O3. The summed E-state index contributed by atoms with van der Waals surface area (Å²) in [4.78, 5) is 29.7. The number of nitrogens with zero attached hydrogens (tertiary/aromatic N) is 2. The number of amides is 2. The molecule has 1 aliphatic rings. The minimum absolute atomic E-state index is 0.127. The molecule has 1 aliphatic carbocycles. The molecule has 1 saturated carbocycles. The summed E-state index contributed by atoms with van der Waals surface area (Å²) in [7, 11) is 0. The molecule has 6 heteroatoms. The lowest BCUT2D eigenvalue weighted by atomic mass is 9.94. The molecule has 1 unspecified atom stereocenters. The van der Waals surface area contributed by atoms with Crippen LogP contribution < -0.4 is 10.2 Å². The maximum Gasteiger partial charge on any atom is 0.264 e. The Kier molecular flexibility index (Phi) is 7.15. The summed E-state index contributed by atoms with van der Waals surface area (Å²) in [5, 5.41) is 7.26. The van der Waals surface area contributed by atoms with Crippen molar-refractivity contribution >= 4 is 17.5 Å². The molecule has 34 heavy (non-hydrogen) atoms. The summed E-state index contributed by atoms with van der Waals surface area (Å²) in [5.41, 5.74) is 4.38. The predicted molar refractivity (Wildman–Crippen MR) is 133 cm³/mol. The van der Waals surface area contributed by atoms with Gasteiger partial charge in [0.25, 0.3) is 5.91 Å². The number of carbonyl (C=O) groups excluding carboxylic acids is 2. The first-order valence-electron chi connectivity index (χ1n) is 12.1. The van der Waals surface area contributed by atoms with Gasteiger partial charge in [0.15, 0.2) is 0 Å². The fourth-order valence-electron chi connectivity index (χ4n) is 4.85. The molecule has 1 N–H and O–H groups in total. The first kappa shape index (κ1) is 23.7. The second-order valence-electron chi connectivity index (χ2n) is 9.25. The Balaban J connectivity index is 1.86. The molecule has 1 heterocycles. The SMILES string of the molecule is Cc1cccc(N(C(=O)c2c(C)noc2C)C(C(=O)NC2CCCCC2)c2ccccc2)c1C. The monoisotopic (exact) mass is 459 g/mol. The number of rotatable bonds is 6. The molecule has 0 saturated heterocycles. The first-order valence-corrected chi connectivity index (χ1v) is 12.1. The van der Waals surface area contributed by atoms with E-state index in [0.29, 0.717) is 22.7 Å². The molecule has 0 aliphatic heterocycles. The summed E-state index contributed by atoms with van der Waals surface area (Å²) in [6, 6.07) is 14.7. The molecule has 4 rings (SSSR count). The Morgan fingerprint density at radius 2 is 1.68 bits per heavy atom. The molecule has 178 valence electrons. The van der Waals surface area contributed by atoms with E-state index in [0.717, 1.165) is 42.4 Å². The molecular weight excluding hydrogens is 426 g/mol. The van der Waals surface area contributed by atoms with Gasteiger partial charge in [-0.3, -0.25) is 14.5 Å². The van der Waals surface area contributed by atoms with Gasteiger partial charge in [-0.1, -0.05) is 66.9 Å². The standard InChI is InChI=1S/C28H33N3O3/c1-18-12-11-17-24(19(18)2)31(28(33)25-20(3)30-34-21(25)4)26(22-13-7-5-8-14-22)27(32)29-23-15-9-6-10-16-23/h5,7-8,11-14,17,23,26H,6,9-10,15-16H2,1-4H3,(H,29,32). The maximum absolute atomic E-state index is 14.2. The summed E-state index contributed by atoms with van der Waals surface area (Å²) >= 11 is 0. The zero-order chi connectivity index (χ0) is 24.2. The summed E-state index contributed by atoms with van der Waals surface area (Å²) in [5.74, 6) is -0.0194. The van der Waals surface area contributed by atoms with E-state index in [1.807, 2.05) is 62.4 Å². The van der Waals surface area contributed by atoms with Crippen LogP contribution in [0.3, 0.4) is 0 Å². The van der Waals surface area contributed by atoms with E-state index in [2.05, 4.69) is 10.5 Å². The van der Waals surface area contributed by atoms with Crippen LogP contribution >= 0.6 is 0 Å². The molecule has 2 amide bonds. The average molecular weight is 460 g/mol. The topological polar surface area (TPSA) is 75.4 Å². The number of hydrogen-bond donors (Lipinski definition) is 1. The maximum atomic E-state index is 14.2. The largest absolute Gasteiger partial charge is 0.361 e. The molecule has 1 aromatic heterocycles. The number of aryl methyl sites for hydroxylation is 3. The van der Waals surface area contributed by atoms with Crippen LogP contribution in [0.1, 0.15) is 76.6 Å². The van der Waals surface area contributed by atoms with Gasteiger partial charge in [-0.25, -0.2) is 0 Å². The van der Waals surface area contributed by atoms with Gasteiger partial charge < -0.3 is 9.84 Å². The van der Waals surface area contributed by atoms with Gasteiger partial charge in [-0.2, -0.15) is 0 Å². The highest BCUT2D eigenvalue weighted by Crippen LogP contribution is 2.34. The van der Waals surface area contributed by atoms with Gasteiger partial charge in [-0.15, -0.1) is 0 Å². The Labute approximate surface area is 201 Å². The van der Waals surface area contributed by atoms with Crippen molar-refractivity contribution in [3.8, 4) is 0 Å². The summed E-state index contributed by atoms with van der Waals surface area (Å²) in [6.07, 6.45) is 5.36. The highest BCUT2D eigenvalue weighted by Gasteiger charge is 2.37. The predicted octanol–water partition coefficient (Wildman–Crippen LogP) is 5.75. The molecule has 0 bridgehead atoms. The van der Waals surface area contributed by atoms with Crippen LogP contribution in [0, 0.1) is 27.7 Å². The molecule has 1 atom stereocenters. The molecule has 3 aromatic rings. The lowest BCUT2D eigenvalue weighted by molar-refractivity contribution is -0.123. The molecule has 6 nitrogen and oxygen atoms in total. The van der Waals surface area contributed by atoms with E-state index < -0.39 is 6.04 Å². The van der Waals surface area contributed by atoms with Crippen molar-refractivity contribution in [1.82, 2.24) is 10.5 Å². The zero-order valence-electron chi connectivity index (χ0n) is 20.4. The van der Waals surface area contributed by atoms with Crippen LogP contribution in [0.4, 0.5) is 5.69 Å². The van der Waals surface area contributed by atoms with Crippen LogP contribution in [-0.4, -0.2) is 23.0 Å². The lowest BCUT2D eigenvalue weighted by Crippen LogP contribution is -2.47. The van der Waals surface area contributed by atoms with Crippen molar-refractivity contribution in [2.24, 2.45) is 0 Å². The fraction of sp³-hybridized carbons (Fsp3) is 0.393. The van der Waals surface area contributed by atoms with Crippen molar-refractivity contribution < 1.29 is 14.1 Å². The van der Waals surface area contributed by atoms with Gasteiger partial charge in [0.2, 0.25) is 5.91 Å². The number of anilines is 1. The van der Waals surface area contributed by atoms with Gasteiger partial charge >= 0.3 is 0 Å². The summed E-state index contributed by atoms with van der Waals surface area (Å²) in [6.45, 7) is 7.48. The smallest absolute Gasteiger partial charge is 0.264 e. The van der Waals surface area contributed by atoms with Crippen LogP contribution in [0.5, 0.6) is 0 Å². The lowest BCUT2D eigenvalue weighted by Gasteiger charge is -2.34. The van der Waals surface area contributed by atoms with Crippen LogP contribution in [0.2, 0.25) is 0 Å². The van der Waals surface area contributed by atoms with E-state index in [4.69, 9.17) is 4.52 Å². The van der Waals surface area contributed by atoms with E-state index in [1.54, 1.807) is 18.7 Å². The van der Waals surface area contributed by atoms with E-state index in [-0.39, 0.29) is 17.9 Å². The normalized spacial score (nSPS) is 15.1. The quantitative estimate of drug-likeness (QED) is 0.510. The number of carbonyl (C=O) groups is 2. The second-order valence-corrected chi connectivity index (χ2v) is 9.25. The summed E-state index contributed by atoms with van der Waals surface area (Å²) < 4.78 is 5.33. The van der Waals surface area contributed by atoms with E-state index in [1.165, 1.54) is 6.42 Å². The Hall–Kier alpha value is -3.41. The van der Waals surface area contributed by atoms with Crippen molar-refractivity contribution in [2.75, 3.05) is 4.90 Å². The number of benzene rings is 2. The van der Waals surface area contributed by atoms with Crippen molar-refractivity contribution in [1.29, 1.82) is 0 Å². The number of aromatic nitrogens is 1. The van der Waals surface area contributed by atoms with Gasteiger partial charge in [-0.05, 0) is 63.3 Å². The number of nitrogens with one attached hydrogen (secondary N) is 1. The van der Waals surface area contributed by atoms with Crippen molar-refractivity contribution in [2.45, 2.75) is 71.9 Å². The molecule has 0 radical (unpaired) electrons. The van der Waals surface area contributed by atoms with Gasteiger partial charge in [0.1, 0.15) is 17.4 Å². The Bertz CT molecular complexity index is 1140. The third-order valence-electron chi connectivity index (χ3n) is 6.88. The van der Waals surface area contributed by atoms with Crippen LogP contribution in [-0.2, 0) is 4.79 Å². The first-order chi connectivity index (χ1) is 16.4. The number of hydrogen-bond acceptors (Lipinski definition) is 4. The Morgan fingerprint density at radius 1 is 0.971 bits per heavy atom. The fourth-order valence-corrected chi connectivity index (χ4v) is 4.85.